The van der Waals surface area contributed by atoms with Crippen LogP contribution in [-0.2, 0) is 22.5 Å². The van der Waals surface area contributed by atoms with Crippen LogP contribution < -0.4 is 5.32 Å². The molecular formula is C21H25NO4. The van der Waals surface area contributed by atoms with Crippen molar-refractivity contribution in [2.45, 2.75) is 44.1 Å². The number of rotatable bonds is 8. The third kappa shape index (κ3) is 5.07. The maximum absolute atomic E-state index is 12.2. The van der Waals surface area contributed by atoms with Crippen LogP contribution in [0.3, 0.4) is 0 Å². The van der Waals surface area contributed by atoms with Gasteiger partial charge >= 0.3 is 6.09 Å². The maximum atomic E-state index is 12.2. The average molecular weight is 355 g/mol. The molecule has 2 N–H and O–H groups in total. The molecule has 1 aliphatic rings. The number of aryl methyl sites for hydroxylation is 1. The molecular weight excluding hydrogens is 330 g/mol. The lowest BCUT2D eigenvalue weighted by Gasteiger charge is -2.26. The van der Waals surface area contributed by atoms with Crippen LogP contribution in [-0.4, -0.2) is 35.6 Å². The summed E-state index contributed by atoms with van der Waals surface area (Å²) in [6, 6.07) is 19.1. The highest BCUT2D eigenvalue weighted by molar-refractivity contribution is 5.67. The van der Waals surface area contributed by atoms with Crippen LogP contribution in [0, 0.1) is 0 Å². The number of aliphatic hydroxyl groups excluding tert-OH is 1. The molecule has 0 bridgehead atoms. The van der Waals surface area contributed by atoms with Gasteiger partial charge in [-0.15, -0.1) is 0 Å². The van der Waals surface area contributed by atoms with E-state index in [-0.39, 0.29) is 6.61 Å². The quantitative estimate of drug-likeness (QED) is 0.714. The van der Waals surface area contributed by atoms with Gasteiger partial charge in [0, 0.05) is 0 Å². The molecule has 1 amide bonds. The number of amides is 1. The van der Waals surface area contributed by atoms with Crippen molar-refractivity contribution in [3.63, 3.8) is 0 Å². The summed E-state index contributed by atoms with van der Waals surface area (Å²) in [6.07, 6.45) is 0.0352. The molecule has 26 heavy (non-hydrogen) atoms. The third-order valence-electron chi connectivity index (χ3n) is 4.71. The molecule has 138 valence electrons. The maximum Gasteiger partial charge on any atom is 0.407 e. The second kappa shape index (κ2) is 8.34. The summed E-state index contributed by atoms with van der Waals surface area (Å²) in [5.74, 6) is 0. The Bertz CT molecular complexity index is 700. The van der Waals surface area contributed by atoms with E-state index in [2.05, 4.69) is 5.32 Å². The lowest BCUT2D eigenvalue weighted by atomic mass is 9.93. The lowest BCUT2D eigenvalue weighted by Crippen LogP contribution is -2.49. The van der Waals surface area contributed by atoms with Crippen LogP contribution in [0.15, 0.2) is 60.7 Å². The van der Waals surface area contributed by atoms with E-state index in [1.807, 2.05) is 67.6 Å². The summed E-state index contributed by atoms with van der Waals surface area (Å²) < 4.78 is 10.7. The number of ether oxygens (including phenoxy) is 2. The van der Waals surface area contributed by atoms with E-state index in [4.69, 9.17) is 9.47 Å². The van der Waals surface area contributed by atoms with Gasteiger partial charge in [-0.3, -0.25) is 0 Å². The largest absolute Gasteiger partial charge is 0.445 e. The zero-order chi connectivity index (χ0) is 18.4. The minimum Gasteiger partial charge on any atom is -0.445 e. The van der Waals surface area contributed by atoms with Crippen molar-refractivity contribution in [1.29, 1.82) is 0 Å². The summed E-state index contributed by atoms with van der Waals surface area (Å²) in [5.41, 5.74) is 1.49. The monoisotopic (exact) mass is 355 g/mol. The molecule has 3 rings (SSSR count). The van der Waals surface area contributed by atoms with E-state index in [1.54, 1.807) is 0 Å². The Kier molecular flexibility index (Phi) is 5.91. The van der Waals surface area contributed by atoms with Gasteiger partial charge in [-0.25, -0.2) is 4.79 Å². The smallest absolute Gasteiger partial charge is 0.407 e. The van der Waals surface area contributed by atoms with Gasteiger partial charge in [0.05, 0.1) is 12.6 Å². The van der Waals surface area contributed by atoms with Gasteiger partial charge in [-0.05, 0) is 30.9 Å². The van der Waals surface area contributed by atoms with E-state index in [9.17, 15) is 9.90 Å². The second-order valence-corrected chi connectivity index (χ2v) is 6.88. The van der Waals surface area contributed by atoms with Crippen LogP contribution in [0.1, 0.15) is 24.5 Å². The van der Waals surface area contributed by atoms with E-state index >= 15 is 0 Å². The SMILES string of the molecule is C[C@]1([C@@H](O)C(CCc2ccccc2)NC(=O)OCc2ccccc2)CO1. The highest BCUT2D eigenvalue weighted by Crippen LogP contribution is 2.32. The zero-order valence-corrected chi connectivity index (χ0v) is 14.9. The number of hydrogen-bond acceptors (Lipinski definition) is 4. The molecule has 1 fully saturated rings. The van der Waals surface area contributed by atoms with E-state index < -0.39 is 23.8 Å². The number of aliphatic hydroxyl groups is 1. The minimum atomic E-state index is -0.782. The van der Waals surface area contributed by atoms with Gasteiger partial charge in [0.15, 0.2) is 0 Å². The molecule has 0 spiro atoms. The Labute approximate surface area is 153 Å². The molecule has 1 unspecified atom stereocenters. The summed E-state index contributed by atoms with van der Waals surface area (Å²) in [7, 11) is 0. The van der Waals surface area contributed by atoms with Crippen molar-refractivity contribution in [2.24, 2.45) is 0 Å². The predicted molar refractivity (Wildman–Crippen MR) is 98.7 cm³/mol. The van der Waals surface area contributed by atoms with Crippen LogP contribution in [0.4, 0.5) is 4.79 Å². The Balaban J connectivity index is 1.56. The number of carbonyl (C=O) groups is 1. The van der Waals surface area contributed by atoms with E-state index in [0.29, 0.717) is 13.0 Å². The number of epoxide rings is 1. The Hall–Kier alpha value is -2.37. The molecule has 0 aromatic heterocycles. The van der Waals surface area contributed by atoms with Gasteiger partial charge in [0.1, 0.15) is 18.3 Å². The molecule has 2 aromatic carbocycles. The van der Waals surface area contributed by atoms with Crippen LogP contribution in [0.25, 0.3) is 0 Å². The Morgan fingerprint density at radius 1 is 1.15 bits per heavy atom. The molecule has 2 aromatic rings. The van der Waals surface area contributed by atoms with Gasteiger partial charge < -0.3 is 19.9 Å². The number of nitrogens with one attached hydrogen (secondary N) is 1. The second-order valence-electron chi connectivity index (χ2n) is 6.88. The number of hydrogen-bond donors (Lipinski definition) is 2. The van der Waals surface area contributed by atoms with Crippen molar-refractivity contribution < 1.29 is 19.4 Å². The number of carbonyl (C=O) groups excluding carboxylic acids is 1. The molecule has 1 saturated heterocycles. The first-order valence-corrected chi connectivity index (χ1v) is 8.90. The first kappa shape index (κ1) is 18.4. The fourth-order valence-corrected chi connectivity index (χ4v) is 2.90. The van der Waals surface area contributed by atoms with Crippen molar-refractivity contribution in [3.8, 4) is 0 Å². The summed E-state index contributed by atoms with van der Waals surface area (Å²) in [5, 5.41) is 13.4. The van der Waals surface area contributed by atoms with Crippen LogP contribution >= 0.6 is 0 Å². The zero-order valence-electron chi connectivity index (χ0n) is 14.9. The topological polar surface area (TPSA) is 71.1 Å². The lowest BCUT2D eigenvalue weighted by molar-refractivity contribution is 0.0444. The van der Waals surface area contributed by atoms with Gasteiger partial charge in [-0.2, -0.15) is 0 Å². The molecule has 1 aliphatic heterocycles. The predicted octanol–water partition coefficient (Wildman–Crippen LogP) is 3.06. The van der Waals surface area contributed by atoms with E-state index in [1.165, 1.54) is 0 Å². The minimum absolute atomic E-state index is 0.196. The first-order valence-electron chi connectivity index (χ1n) is 8.90. The Morgan fingerprint density at radius 2 is 1.73 bits per heavy atom. The molecule has 1 heterocycles. The molecule has 5 nitrogen and oxygen atoms in total. The fourth-order valence-electron chi connectivity index (χ4n) is 2.90. The fraction of sp³-hybridized carbons (Fsp3) is 0.381. The average Bonchev–Trinajstić information content (AvgIpc) is 3.43. The van der Waals surface area contributed by atoms with Crippen molar-refractivity contribution in [3.05, 3.63) is 71.8 Å². The van der Waals surface area contributed by atoms with Gasteiger partial charge in [0.25, 0.3) is 0 Å². The van der Waals surface area contributed by atoms with Crippen molar-refractivity contribution in [1.82, 2.24) is 5.32 Å². The standard InChI is InChI=1S/C21H25NO4/c1-21(15-26-21)19(23)18(13-12-16-8-4-2-5-9-16)22-20(24)25-14-17-10-6-3-7-11-17/h2-11,18-19,23H,12-15H2,1H3,(H,22,24)/t18?,19-,21+/m0/s1. The normalized spacial score (nSPS) is 20.8. The highest BCUT2D eigenvalue weighted by atomic mass is 16.6. The van der Waals surface area contributed by atoms with Crippen LogP contribution in [0.5, 0.6) is 0 Å². The summed E-state index contributed by atoms with van der Waals surface area (Å²) in [6.45, 7) is 2.54. The number of benzene rings is 2. The van der Waals surface area contributed by atoms with Crippen molar-refractivity contribution >= 4 is 6.09 Å². The molecule has 0 aliphatic carbocycles. The molecule has 3 atom stereocenters. The van der Waals surface area contributed by atoms with Gasteiger partial charge in [-0.1, -0.05) is 60.7 Å². The van der Waals surface area contributed by atoms with Crippen molar-refractivity contribution in [2.75, 3.05) is 6.61 Å². The molecule has 5 heteroatoms. The summed E-state index contributed by atoms with van der Waals surface area (Å²) >= 11 is 0. The number of alkyl carbamates (subject to hydrolysis) is 1. The molecule has 0 saturated carbocycles. The van der Waals surface area contributed by atoms with E-state index in [0.717, 1.165) is 17.5 Å². The summed E-state index contributed by atoms with van der Waals surface area (Å²) in [4.78, 5) is 12.2. The third-order valence-corrected chi connectivity index (χ3v) is 4.71. The highest BCUT2D eigenvalue weighted by Gasteiger charge is 2.49. The molecule has 0 radical (unpaired) electrons. The van der Waals surface area contributed by atoms with Gasteiger partial charge in [0.2, 0.25) is 0 Å². The van der Waals surface area contributed by atoms with Crippen LogP contribution in [0.2, 0.25) is 0 Å². The first-order chi connectivity index (χ1) is 12.6. The Morgan fingerprint density at radius 3 is 2.31 bits per heavy atom.